The highest BCUT2D eigenvalue weighted by Gasteiger charge is 2.90. The lowest BCUT2D eigenvalue weighted by atomic mass is 9.30. The van der Waals surface area contributed by atoms with Crippen molar-refractivity contribution >= 4 is 5.97 Å². The van der Waals surface area contributed by atoms with Crippen LogP contribution in [0.15, 0.2) is 0 Å². The van der Waals surface area contributed by atoms with Crippen molar-refractivity contribution in [2.75, 3.05) is 0 Å². The Kier molecular flexibility index (Phi) is 4.12. The van der Waals surface area contributed by atoms with Gasteiger partial charge >= 0.3 is 5.97 Å². The number of aliphatic hydroxyl groups is 2. The molecule has 5 nitrogen and oxygen atoms in total. The number of ether oxygens (including phenoxy) is 2. The molecule has 7 rings (SSSR count). The number of fused-ring (bicyclic) bond motifs is 6. The highest BCUT2D eigenvalue weighted by atomic mass is 16.6. The summed E-state index contributed by atoms with van der Waals surface area (Å²) in [4.78, 5) is 13.8. The van der Waals surface area contributed by atoms with E-state index in [2.05, 4.69) is 48.5 Å². The summed E-state index contributed by atoms with van der Waals surface area (Å²) in [7, 11) is 0. The van der Waals surface area contributed by atoms with Crippen LogP contribution < -0.4 is 0 Å². The van der Waals surface area contributed by atoms with Crippen LogP contribution in [-0.4, -0.2) is 46.2 Å². The van der Waals surface area contributed by atoms with Gasteiger partial charge in [0.2, 0.25) is 0 Å². The zero-order valence-corrected chi connectivity index (χ0v) is 22.8. The smallest absolute Gasteiger partial charge is 0.315 e. The molecule has 2 saturated heterocycles. The fraction of sp³-hybridized carbons (Fsp3) is 0.967. The van der Waals surface area contributed by atoms with Crippen molar-refractivity contribution in [3.8, 4) is 0 Å². The Bertz CT molecular complexity index is 1000. The summed E-state index contributed by atoms with van der Waals surface area (Å²) in [5.41, 5.74) is -1.77. The van der Waals surface area contributed by atoms with Gasteiger partial charge in [0, 0.05) is 11.3 Å². The fourth-order valence-corrected chi connectivity index (χ4v) is 12.2. The Balaban J connectivity index is 1.40. The van der Waals surface area contributed by atoms with Gasteiger partial charge in [-0.15, -0.1) is 0 Å². The second kappa shape index (κ2) is 6.15. The fourth-order valence-electron chi connectivity index (χ4n) is 12.2. The van der Waals surface area contributed by atoms with Crippen molar-refractivity contribution in [1.82, 2.24) is 0 Å². The molecule has 7 fully saturated rings. The Morgan fingerprint density at radius 1 is 0.829 bits per heavy atom. The maximum absolute atomic E-state index is 13.8. The lowest BCUT2D eigenvalue weighted by Gasteiger charge is -2.72. The summed E-state index contributed by atoms with van der Waals surface area (Å²) in [6, 6.07) is 0. The first-order valence-corrected chi connectivity index (χ1v) is 14.4. The molecular formula is C30H46O5. The summed E-state index contributed by atoms with van der Waals surface area (Å²) in [6.45, 7) is 16.5. The van der Waals surface area contributed by atoms with Crippen LogP contribution >= 0.6 is 0 Å². The molecule has 0 aromatic heterocycles. The summed E-state index contributed by atoms with van der Waals surface area (Å²) >= 11 is 0. The van der Waals surface area contributed by atoms with E-state index in [4.69, 9.17) is 9.47 Å². The minimum atomic E-state index is -0.757. The normalized spacial score (nSPS) is 63.0. The van der Waals surface area contributed by atoms with E-state index in [1.165, 1.54) is 0 Å². The van der Waals surface area contributed by atoms with Crippen molar-refractivity contribution in [3.05, 3.63) is 0 Å². The average Bonchev–Trinajstić information content (AvgIpc) is 3.49. The molecule has 5 heteroatoms. The van der Waals surface area contributed by atoms with Gasteiger partial charge in [-0.2, -0.15) is 0 Å². The van der Waals surface area contributed by atoms with E-state index < -0.39 is 17.1 Å². The first-order valence-electron chi connectivity index (χ1n) is 14.4. The molecule has 0 radical (unpaired) electrons. The summed E-state index contributed by atoms with van der Waals surface area (Å²) in [6.07, 6.45) is 6.31. The number of rotatable bonds is 0. The van der Waals surface area contributed by atoms with Gasteiger partial charge in [-0.05, 0) is 84.9 Å². The van der Waals surface area contributed by atoms with Crippen LogP contribution in [0.2, 0.25) is 0 Å². The summed E-state index contributed by atoms with van der Waals surface area (Å²) < 4.78 is 13.5. The van der Waals surface area contributed by atoms with E-state index in [-0.39, 0.29) is 57.3 Å². The van der Waals surface area contributed by atoms with Crippen LogP contribution in [0.5, 0.6) is 0 Å². The second-order valence-electron chi connectivity index (χ2n) is 16.1. The van der Waals surface area contributed by atoms with E-state index >= 15 is 0 Å². The van der Waals surface area contributed by atoms with Gasteiger partial charge in [0.25, 0.3) is 0 Å². The number of hydrogen-bond donors (Lipinski definition) is 2. The molecule has 35 heavy (non-hydrogen) atoms. The second-order valence-corrected chi connectivity index (χ2v) is 16.1. The molecular weight excluding hydrogens is 440 g/mol. The SMILES string of the molecule is CC1(C)CC[C@@]23C(=O)O[C@]4([C@@H]2C1)[C@H]1O[C@H]1[C@@H]1[C@@]2(C)CC[C@H](O)C(C)(C)[C@@H]2CC[C@@]1(C)[C@]4(C)C[C@H]3O. The minimum absolute atomic E-state index is 0.0166. The van der Waals surface area contributed by atoms with Gasteiger partial charge in [0.1, 0.15) is 11.5 Å². The third-order valence-corrected chi connectivity index (χ3v) is 14.2. The first-order chi connectivity index (χ1) is 16.1. The monoisotopic (exact) mass is 486 g/mol. The average molecular weight is 487 g/mol. The molecule has 0 amide bonds. The highest BCUT2D eigenvalue weighted by Crippen LogP contribution is 2.83. The van der Waals surface area contributed by atoms with E-state index in [1.54, 1.807) is 0 Å². The van der Waals surface area contributed by atoms with Gasteiger partial charge < -0.3 is 19.7 Å². The van der Waals surface area contributed by atoms with Gasteiger partial charge in [-0.3, -0.25) is 4.79 Å². The largest absolute Gasteiger partial charge is 0.455 e. The number of aliphatic hydroxyl groups excluding tert-OH is 2. The molecule has 2 N–H and O–H groups in total. The third kappa shape index (κ3) is 2.23. The predicted molar refractivity (Wildman–Crippen MR) is 131 cm³/mol. The minimum Gasteiger partial charge on any atom is -0.455 e. The Hall–Kier alpha value is -0.650. The van der Waals surface area contributed by atoms with Crippen LogP contribution in [0.1, 0.15) is 99.8 Å². The quantitative estimate of drug-likeness (QED) is 0.377. The summed E-state index contributed by atoms with van der Waals surface area (Å²) in [5, 5.41) is 22.8. The highest BCUT2D eigenvalue weighted by molar-refractivity contribution is 5.83. The topological polar surface area (TPSA) is 79.3 Å². The molecule has 0 unspecified atom stereocenters. The van der Waals surface area contributed by atoms with E-state index in [0.29, 0.717) is 18.3 Å². The van der Waals surface area contributed by atoms with Crippen LogP contribution in [0, 0.1) is 50.2 Å². The molecule has 2 heterocycles. The molecule has 7 aliphatic rings. The molecule has 12 atom stereocenters. The first kappa shape index (κ1) is 23.5. The lowest BCUT2D eigenvalue weighted by molar-refractivity contribution is -0.286. The maximum Gasteiger partial charge on any atom is 0.315 e. The molecule has 2 bridgehead atoms. The lowest BCUT2D eigenvalue weighted by Crippen LogP contribution is -2.76. The zero-order chi connectivity index (χ0) is 25.2. The van der Waals surface area contributed by atoms with E-state index in [0.717, 1.165) is 44.9 Å². The summed E-state index contributed by atoms with van der Waals surface area (Å²) in [5.74, 6) is 0.652. The van der Waals surface area contributed by atoms with Gasteiger partial charge in [0.05, 0.1) is 18.3 Å². The maximum atomic E-state index is 13.8. The van der Waals surface area contributed by atoms with Crippen molar-refractivity contribution in [2.45, 2.75) is 130 Å². The van der Waals surface area contributed by atoms with Gasteiger partial charge in [0.15, 0.2) is 5.60 Å². The number of epoxide rings is 1. The predicted octanol–water partition coefficient (Wildman–Crippen LogP) is 4.87. The van der Waals surface area contributed by atoms with Gasteiger partial charge in [-0.1, -0.05) is 48.5 Å². The number of hydrogen-bond acceptors (Lipinski definition) is 5. The van der Waals surface area contributed by atoms with Crippen LogP contribution in [-0.2, 0) is 14.3 Å². The molecule has 1 spiro atoms. The molecule has 5 saturated carbocycles. The third-order valence-electron chi connectivity index (χ3n) is 14.2. The van der Waals surface area contributed by atoms with Crippen molar-refractivity contribution in [2.24, 2.45) is 50.2 Å². The number of carbonyl (C=O) groups excluding carboxylic acids is 1. The van der Waals surface area contributed by atoms with E-state index in [1.807, 2.05) is 0 Å². The van der Waals surface area contributed by atoms with Crippen LogP contribution in [0.4, 0.5) is 0 Å². The number of esters is 1. The van der Waals surface area contributed by atoms with Crippen LogP contribution in [0.25, 0.3) is 0 Å². The number of carbonyl (C=O) groups is 1. The van der Waals surface area contributed by atoms with Crippen molar-refractivity contribution in [3.63, 3.8) is 0 Å². The van der Waals surface area contributed by atoms with Gasteiger partial charge in [-0.25, -0.2) is 0 Å². The Labute approximate surface area is 210 Å². The standard InChI is InChI=1S/C30H46O5/c1-24(2)12-13-29-17(14-24)30(35-23(29)33)22-20(34-22)21-26(5)10-9-18(31)25(3,4)16(26)8-11-27(21,6)28(30,7)15-19(29)32/h16-22,31-32H,8-15H2,1-7H3/t16-,17+,18-,19+,20-,21+,22-,26-,27+,28-,29+,30+/m0/s1. The van der Waals surface area contributed by atoms with Crippen molar-refractivity contribution in [1.29, 1.82) is 0 Å². The Morgan fingerprint density at radius 2 is 1.54 bits per heavy atom. The molecule has 0 aromatic carbocycles. The molecule has 196 valence electrons. The van der Waals surface area contributed by atoms with E-state index in [9.17, 15) is 15.0 Å². The Morgan fingerprint density at radius 3 is 2.26 bits per heavy atom. The zero-order valence-electron chi connectivity index (χ0n) is 22.8. The van der Waals surface area contributed by atoms with Crippen LogP contribution in [0.3, 0.4) is 0 Å². The molecule has 5 aliphatic carbocycles. The molecule has 0 aromatic rings. The molecule has 2 aliphatic heterocycles. The van der Waals surface area contributed by atoms with Crippen molar-refractivity contribution < 1.29 is 24.5 Å².